The van der Waals surface area contributed by atoms with Crippen molar-refractivity contribution < 1.29 is 4.74 Å². The van der Waals surface area contributed by atoms with E-state index in [9.17, 15) is 0 Å². The first-order chi connectivity index (χ1) is 7.58. The molecule has 0 spiro atoms. The van der Waals surface area contributed by atoms with Gasteiger partial charge in [-0.25, -0.2) is 9.97 Å². The second-order valence-electron chi connectivity index (χ2n) is 4.03. The smallest absolute Gasteiger partial charge is 0.188 e. The quantitative estimate of drug-likeness (QED) is 0.838. The molecule has 4 nitrogen and oxygen atoms in total. The molecule has 0 aliphatic carbocycles. The Morgan fingerprint density at radius 2 is 2.06 bits per heavy atom. The molecule has 2 N–H and O–H groups in total. The van der Waals surface area contributed by atoms with Gasteiger partial charge in [0.1, 0.15) is 5.52 Å². The largest absolute Gasteiger partial charge is 0.485 e. The van der Waals surface area contributed by atoms with E-state index in [1.807, 2.05) is 32.9 Å². The van der Waals surface area contributed by atoms with E-state index in [-0.39, 0.29) is 6.10 Å². The van der Waals surface area contributed by atoms with Gasteiger partial charge in [-0.05, 0) is 32.9 Å². The molecule has 0 atom stereocenters. The second-order valence-corrected chi connectivity index (χ2v) is 4.03. The first-order valence-corrected chi connectivity index (χ1v) is 5.26. The molecule has 0 amide bonds. The zero-order chi connectivity index (χ0) is 11.7. The normalized spacial score (nSPS) is 11.0. The zero-order valence-electron chi connectivity index (χ0n) is 9.69. The summed E-state index contributed by atoms with van der Waals surface area (Å²) < 4.78 is 5.66. The van der Waals surface area contributed by atoms with Crippen molar-refractivity contribution in [3.63, 3.8) is 0 Å². The van der Waals surface area contributed by atoms with Crippen LogP contribution in [0.1, 0.15) is 19.5 Å². The number of nitrogens with two attached hydrogens (primary N) is 1. The topological polar surface area (TPSA) is 61.0 Å². The number of rotatable bonds is 2. The number of nitrogens with zero attached hydrogens (tertiary/aromatic N) is 2. The number of aryl methyl sites for hydroxylation is 1. The Morgan fingerprint density at radius 3 is 2.75 bits per heavy atom. The average molecular weight is 217 g/mol. The van der Waals surface area contributed by atoms with Gasteiger partial charge in [0.15, 0.2) is 11.6 Å². The van der Waals surface area contributed by atoms with E-state index >= 15 is 0 Å². The van der Waals surface area contributed by atoms with Crippen LogP contribution in [0.4, 0.5) is 5.82 Å². The van der Waals surface area contributed by atoms with Crippen LogP contribution in [-0.2, 0) is 0 Å². The summed E-state index contributed by atoms with van der Waals surface area (Å²) in [5, 5.41) is 0.940. The maximum absolute atomic E-state index is 5.81. The fraction of sp³-hybridized carbons (Fsp3) is 0.333. The van der Waals surface area contributed by atoms with Crippen LogP contribution in [0.5, 0.6) is 5.75 Å². The summed E-state index contributed by atoms with van der Waals surface area (Å²) in [4.78, 5) is 8.55. The van der Waals surface area contributed by atoms with Crippen molar-refractivity contribution in [2.45, 2.75) is 26.9 Å². The van der Waals surface area contributed by atoms with Crippen molar-refractivity contribution in [3.05, 3.63) is 24.0 Å². The van der Waals surface area contributed by atoms with Gasteiger partial charge in [-0.2, -0.15) is 0 Å². The number of anilines is 1. The van der Waals surface area contributed by atoms with Crippen molar-refractivity contribution >= 4 is 16.7 Å². The monoisotopic (exact) mass is 217 g/mol. The Hall–Kier alpha value is -1.84. The molecule has 84 valence electrons. The molecule has 0 aromatic carbocycles. The molecule has 2 aromatic rings. The fourth-order valence-corrected chi connectivity index (χ4v) is 1.52. The van der Waals surface area contributed by atoms with Gasteiger partial charge in [-0.15, -0.1) is 0 Å². The summed E-state index contributed by atoms with van der Waals surface area (Å²) in [5.41, 5.74) is 7.52. The summed E-state index contributed by atoms with van der Waals surface area (Å²) in [6, 6.07) is 3.91. The number of ether oxygens (including phenoxy) is 1. The highest BCUT2D eigenvalue weighted by Gasteiger charge is 2.11. The van der Waals surface area contributed by atoms with Gasteiger partial charge < -0.3 is 10.5 Å². The molecule has 0 aliphatic heterocycles. The molecule has 0 saturated carbocycles. The third-order valence-electron chi connectivity index (χ3n) is 2.21. The van der Waals surface area contributed by atoms with Crippen molar-refractivity contribution in [3.8, 4) is 5.75 Å². The molecule has 4 heteroatoms. The highest BCUT2D eigenvalue weighted by Crippen LogP contribution is 2.29. The standard InChI is InChI=1S/C12H15N3O/c1-7(2)16-11-10-9(6-14-12(11)13)5-4-8(3)15-10/h4-7H,1-3H3,(H2,13,14). The SMILES string of the molecule is Cc1ccc2cnc(N)c(OC(C)C)c2n1. The average Bonchev–Trinajstić information content (AvgIpc) is 2.22. The lowest BCUT2D eigenvalue weighted by Crippen LogP contribution is -2.09. The maximum atomic E-state index is 5.81. The van der Waals surface area contributed by atoms with Crippen LogP contribution in [0.15, 0.2) is 18.3 Å². The third kappa shape index (κ3) is 1.91. The molecule has 0 bridgehead atoms. The lowest BCUT2D eigenvalue weighted by molar-refractivity contribution is 0.245. The van der Waals surface area contributed by atoms with Gasteiger partial charge in [0.05, 0.1) is 6.10 Å². The molecule has 0 aliphatic rings. The van der Waals surface area contributed by atoms with Gasteiger partial charge >= 0.3 is 0 Å². The van der Waals surface area contributed by atoms with E-state index in [2.05, 4.69) is 9.97 Å². The number of fused-ring (bicyclic) bond motifs is 1. The van der Waals surface area contributed by atoms with Gasteiger partial charge in [-0.3, -0.25) is 0 Å². The Kier molecular flexibility index (Phi) is 2.64. The molecule has 2 aromatic heterocycles. The first kappa shape index (κ1) is 10.7. The van der Waals surface area contributed by atoms with Crippen molar-refractivity contribution in [2.24, 2.45) is 0 Å². The minimum absolute atomic E-state index is 0.0528. The fourth-order valence-electron chi connectivity index (χ4n) is 1.52. The van der Waals surface area contributed by atoms with Crippen LogP contribution >= 0.6 is 0 Å². The van der Waals surface area contributed by atoms with Crippen LogP contribution in [0.2, 0.25) is 0 Å². The first-order valence-electron chi connectivity index (χ1n) is 5.26. The van der Waals surface area contributed by atoms with Gasteiger partial charge in [0, 0.05) is 17.3 Å². The molecule has 0 fully saturated rings. The molecule has 2 rings (SSSR count). The Morgan fingerprint density at radius 1 is 1.31 bits per heavy atom. The summed E-state index contributed by atoms with van der Waals surface area (Å²) in [6.45, 7) is 5.84. The molecule has 2 heterocycles. The van der Waals surface area contributed by atoms with Crippen LogP contribution in [0.3, 0.4) is 0 Å². The van der Waals surface area contributed by atoms with Crippen LogP contribution in [0.25, 0.3) is 10.9 Å². The van der Waals surface area contributed by atoms with Crippen LogP contribution < -0.4 is 10.5 Å². The van der Waals surface area contributed by atoms with E-state index in [4.69, 9.17) is 10.5 Å². The van der Waals surface area contributed by atoms with Gasteiger partial charge in [0.25, 0.3) is 0 Å². The van der Waals surface area contributed by atoms with E-state index in [1.165, 1.54) is 0 Å². The minimum atomic E-state index is 0.0528. The van der Waals surface area contributed by atoms with Crippen molar-refractivity contribution in [1.82, 2.24) is 9.97 Å². The molecule has 0 saturated heterocycles. The Bertz CT molecular complexity index is 518. The van der Waals surface area contributed by atoms with Crippen LogP contribution in [0, 0.1) is 6.92 Å². The molecular formula is C12H15N3O. The van der Waals surface area contributed by atoms with E-state index in [0.29, 0.717) is 11.6 Å². The predicted molar refractivity (Wildman–Crippen MR) is 64.5 cm³/mol. The Balaban J connectivity index is 2.67. The zero-order valence-corrected chi connectivity index (χ0v) is 9.69. The predicted octanol–water partition coefficient (Wildman–Crippen LogP) is 2.31. The maximum Gasteiger partial charge on any atom is 0.188 e. The summed E-state index contributed by atoms with van der Waals surface area (Å²) >= 11 is 0. The van der Waals surface area contributed by atoms with E-state index < -0.39 is 0 Å². The van der Waals surface area contributed by atoms with Crippen molar-refractivity contribution in [2.75, 3.05) is 5.73 Å². The second kappa shape index (κ2) is 3.96. The highest BCUT2D eigenvalue weighted by atomic mass is 16.5. The number of hydrogen-bond acceptors (Lipinski definition) is 4. The molecule has 0 radical (unpaired) electrons. The molecule has 0 unspecified atom stereocenters. The molecular weight excluding hydrogens is 202 g/mol. The summed E-state index contributed by atoms with van der Waals surface area (Å²) in [7, 11) is 0. The lowest BCUT2D eigenvalue weighted by Gasteiger charge is -2.13. The lowest BCUT2D eigenvalue weighted by atomic mass is 10.2. The summed E-state index contributed by atoms with van der Waals surface area (Å²) in [5.74, 6) is 0.968. The van der Waals surface area contributed by atoms with E-state index in [0.717, 1.165) is 16.6 Å². The number of aromatic nitrogens is 2. The van der Waals surface area contributed by atoms with E-state index in [1.54, 1.807) is 6.20 Å². The third-order valence-corrected chi connectivity index (χ3v) is 2.21. The number of nitrogen functional groups attached to an aromatic ring is 1. The van der Waals surface area contributed by atoms with Gasteiger partial charge in [-0.1, -0.05) is 0 Å². The van der Waals surface area contributed by atoms with Crippen LogP contribution in [-0.4, -0.2) is 16.1 Å². The minimum Gasteiger partial charge on any atom is -0.485 e. The Labute approximate surface area is 94.5 Å². The van der Waals surface area contributed by atoms with Gasteiger partial charge in [0.2, 0.25) is 0 Å². The highest BCUT2D eigenvalue weighted by molar-refractivity contribution is 5.87. The summed E-state index contributed by atoms with van der Waals surface area (Å²) in [6.07, 6.45) is 1.77. The number of hydrogen-bond donors (Lipinski definition) is 1. The van der Waals surface area contributed by atoms with Crippen molar-refractivity contribution in [1.29, 1.82) is 0 Å². The number of pyridine rings is 2. The molecule has 16 heavy (non-hydrogen) atoms.